The molecule has 2 aromatic rings. The Morgan fingerprint density at radius 2 is 2.06 bits per heavy atom. The van der Waals surface area contributed by atoms with Gasteiger partial charge in [-0.1, -0.05) is 35.5 Å². The van der Waals surface area contributed by atoms with Crippen molar-refractivity contribution in [2.45, 2.75) is 12.8 Å². The Morgan fingerprint density at radius 1 is 1.29 bits per heavy atom. The van der Waals surface area contributed by atoms with E-state index < -0.39 is 0 Å². The number of benzene rings is 1. The Morgan fingerprint density at radius 3 is 2.76 bits per heavy atom. The average Bonchev–Trinajstić information content (AvgIpc) is 2.86. The van der Waals surface area contributed by atoms with Crippen molar-refractivity contribution < 1.29 is 14.4 Å². The van der Waals surface area contributed by atoms with Crippen LogP contribution in [0.15, 0.2) is 41.1 Å². The molecule has 17 heavy (non-hydrogen) atoms. The van der Waals surface area contributed by atoms with Crippen LogP contribution in [0.4, 0.5) is 0 Å². The smallest absolute Gasteiger partial charge is 0.177 e. The Hall–Kier alpha value is -1.94. The quantitative estimate of drug-likeness (QED) is 0.802. The van der Waals surface area contributed by atoms with Crippen molar-refractivity contribution in [3.63, 3.8) is 0 Å². The maximum atomic E-state index is 11.8. The molecule has 0 unspecified atom stereocenters. The lowest BCUT2D eigenvalue weighted by atomic mass is 10.0. The summed E-state index contributed by atoms with van der Waals surface area (Å²) in [5.41, 5.74) is 1.31. The number of carbonyl (C=O) groups excluding carboxylic acids is 1. The molecule has 0 saturated carbocycles. The Bertz CT molecular complexity index is 490. The topological polar surface area (TPSA) is 63.3 Å². The number of hydrogen-bond acceptors (Lipinski definition) is 4. The normalized spacial score (nSPS) is 10.4. The highest BCUT2D eigenvalue weighted by Gasteiger charge is 2.16. The number of ketones is 1. The largest absolute Gasteiger partial charge is 0.396 e. The summed E-state index contributed by atoms with van der Waals surface area (Å²) >= 11 is 0. The molecule has 4 heteroatoms. The molecule has 0 aliphatic carbocycles. The van der Waals surface area contributed by atoms with Gasteiger partial charge in [0.2, 0.25) is 0 Å². The zero-order valence-electron chi connectivity index (χ0n) is 9.30. The zero-order valence-corrected chi connectivity index (χ0v) is 9.30. The lowest BCUT2D eigenvalue weighted by molar-refractivity contribution is 0.0971. The molecule has 0 spiro atoms. The second kappa shape index (κ2) is 5.41. The van der Waals surface area contributed by atoms with Crippen molar-refractivity contribution in [1.29, 1.82) is 0 Å². The summed E-state index contributed by atoms with van der Waals surface area (Å²) in [6, 6.07) is 9.37. The highest BCUT2D eigenvalue weighted by atomic mass is 16.5. The number of Topliss-reactive ketones (excluding diaryl/α,β-unsaturated/α-hetero) is 1. The maximum absolute atomic E-state index is 11.8. The Balaban J connectivity index is 2.26. The van der Waals surface area contributed by atoms with Gasteiger partial charge >= 0.3 is 0 Å². The Labute approximate surface area is 98.9 Å². The first-order valence-corrected chi connectivity index (χ1v) is 5.47. The van der Waals surface area contributed by atoms with Crippen LogP contribution < -0.4 is 0 Å². The van der Waals surface area contributed by atoms with Crippen LogP contribution in [0, 0.1) is 0 Å². The molecular formula is C13H13NO3. The minimum atomic E-state index is -0.0563. The van der Waals surface area contributed by atoms with E-state index in [1.807, 2.05) is 30.3 Å². The van der Waals surface area contributed by atoms with E-state index in [1.54, 1.807) is 0 Å². The predicted octanol–water partition coefficient (Wildman–Crippen LogP) is 2.30. The SMILES string of the molecule is O=C(CCCO)c1cnoc1-c1ccccc1. The van der Waals surface area contributed by atoms with Crippen LogP contribution in [0.25, 0.3) is 11.3 Å². The fourth-order valence-corrected chi connectivity index (χ4v) is 1.61. The first-order valence-electron chi connectivity index (χ1n) is 5.47. The van der Waals surface area contributed by atoms with E-state index in [9.17, 15) is 4.79 Å². The highest BCUT2D eigenvalue weighted by Crippen LogP contribution is 2.24. The van der Waals surface area contributed by atoms with Crippen molar-refractivity contribution in [2.75, 3.05) is 6.61 Å². The summed E-state index contributed by atoms with van der Waals surface area (Å²) in [6.45, 7) is 0.0116. The number of aliphatic hydroxyl groups excluding tert-OH is 1. The summed E-state index contributed by atoms with van der Waals surface area (Å²) < 4.78 is 5.12. The molecule has 0 atom stereocenters. The molecule has 1 aromatic heterocycles. The van der Waals surface area contributed by atoms with Crippen molar-refractivity contribution in [3.05, 3.63) is 42.1 Å². The summed E-state index contributed by atoms with van der Waals surface area (Å²) in [5.74, 6) is 0.438. The minimum Gasteiger partial charge on any atom is -0.396 e. The molecule has 0 fully saturated rings. The number of aromatic nitrogens is 1. The van der Waals surface area contributed by atoms with E-state index in [4.69, 9.17) is 9.63 Å². The van der Waals surface area contributed by atoms with E-state index in [1.165, 1.54) is 6.20 Å². The molecule has 1 heterocycles. The second-order valence-electron chi connectivity index (χ2n) is 3.68. The van der Waals surface area contributed by atoms with E-state index >= 15 is 0 Å². The third-order valence-electron chi connectivity index (χ3n) is 2.47. The van der Waals surface area contributed by atoms with Crippen molar-refractivity contribution in [3.8, 4) is 11.3 Å². The molecule has 2 rings (SSSR count). The van der Waals surface area contributed by atoms with Gasteiger partial charge in [-0.2, -0.15) is 0 Å². The molecule has 0 aliphatic heterocycles. The van der Waals surface area contributed by atoms with E-state index in [0.29, 0.717) is 24.2 Å². The van der Waals surface area contributed by atoms with E-state index in [-0.39, 0.29) is 12.4 Å². The second-order valence-corrected chi connectivity index (χ2v) is 3.68. The van der Waals surface area contributed by atoms with Crippen molar-refractivity contribution >= 4 is 5.78 Å². The van der Waals surface area contributed by atoms with Gasteiger partial charge in [0.1, 0.15) is 0 Å². The van der Waals surface area contributed by atoms with Crippen LogP contribution in [0.2, 0.25) is 0 Å². The van der Waals surface area contributed by atoms with Crippen LogP contribution in [0.3, 0.4) is 0 Å². The van der Waals surface area contributed by atoms with Gasteiger partial charge in [0.15, 0.2) is 11.5 Å². The van der Waals surface area contributed by atoms with Crippen LogP contribution in [0.1, 0.15) is 23.2 Å². The molecule has 0 radical (unpaired) electrons. The number of nitrogens with zero attached hydrogens (tertiary/aromatic N) is 1. The van der Waals surface area contributed by atoms with Crippen molar-refractivity contribution in [1.82, 2.24) is 5.16 Å². The van der Waals surface area contributed by atoms with Crippen molar-refractivity contribution in [2.24, 2.45) is 0 Å². The van der Waals surface area contributed by atoms with Crippen LogP contribution in [0.5, 0.6) is 0 Å². The summed E-state index contributed by atoms with van der Waals surface area (Å²) in [4.78, 5) is 11.8. The molecule has 0 amide bonds. The number of aliphatic hydroxyl groups is 1. The minimum absolute atomic E-state index is 0.0116. The lowest BCUT2D eigenvalue weighted by Gasteiger charge is -1.99. The van der Waals surface area contributed by atoms with Crippen LogP contribution in [-0.4, -0.2) is 22.7 Å². The zero-order chi connectivity index (χ0) is 12.1. The lowest BCUT2D eigenvalue weighted by Crippen LogP contribution is -2.00. The first-order chi connectivity index (χ1) is 8.33. The summed E-state index contributed by atoms with van der Waals surface area (Å²) in [5, 5.41) is 12.4. The van der Waals surface area contributed by atoms with E-state index in [0.717, 1.165) is 5.56 Å². The van der Waals surface area contributed by atoms with Gasteiger partial charge in [-0.15, -0.1) is 0 Å². The summed E-state index contributed by atoms with van der Waals surface area (Å²) in [7, 11) is 0. The predicted molar refractivity (Wildman–Crippen MR) is 62.6 cm³/mol. The highest BCUT2D eigenvalue weighted by molar-refractivity contribution is 6.00. The monoisotopic (exact) mass is 231 g/mol. The number of hydrogen-bond donors (Lipinski definition) is 1. The van der Waals surface area contributed by atoms with Crippen LogP contribution >= 0.6 is 0 Å². The number of carbonyl (C=O) groups is 1. The molecule has 0 aliphatic rings. The molecule has 88 valence electrons. The fraction of sp³-hybridized carbons (Fsp3) is 0.231. The standard InChI is InChI=1S/C13H13NO3/c15-8-4-7-12(16)11-9-14-17-13(11)10-5-2-1-3-6-10/h1-3,5-6,9,15H,4,7-8H2. The van der Waals surface area contributed by atoms with Gasteiger partial charge in [-0.3, -0.25) is 4.79 Å². The van der Waals surface area contributed by atoms with Gasteiger partial charge < -0.3 is 9.63 Å². The molecule has 0 saturated heterocycles. The average molecular weight is 231 g/mol. The number of rotatable bonds is 5. The summed E-state index contributed by atoms with van der Waals surface area (Å²) in [6.07, 6.45) is 2.19. The van der Waals surface area contributed by atoms with Gasteiger partial charge in [0, 0.05) is 18.6 Å². The van der Waals surface area contributed by atoms with Crippen LogP contribution in [-0.2, 0) is 0 Å². The molecule has 4 nitrogen and oxygen atoms in total. The fourth-order valence-electron chi connectivity index (χ4n) is 1.61. The molecular weight excluding hydrogens is 218 g/mol. The molecule has 1 aromatic carbocycles. The maximum Gasteiger partial charge on any atom is 0.177 e. The van der Waals surface area contributed by atoms with E-state index in [2.05, 4.69) is 5.16 Å². The van der Waals surface area contributed by atoms with Gasteiger partial charge in [0.05, 0.1) is 11.8 Å². The van der Waals surface area contributed by atoms with Gasteiger partial charge in [0.25, 0.3) is 0 Å². The molecule has 0 bridgehead atoms. The van der Waals surface area contributed by atoms with Gasteiger partial charge in [-0.25, -0.2) is 0 Å². The van der Waals surface area contributed by atoms with Gasteiger partial charge in [-0.05, 0) is 6.42 Å². The third kappa shape index (κ3) is 2.60. The first kappa shape index (κ1) is 11.5. The third-order valence-corrected chi connectivity index (χ3v) is 2.47. The molecule has 1 N–H and O–H groups in total. The Kier molecular flexibility index (Phi) is 3.67.